The molecule has 1 amide bonds. The quantitative estimate of drug-likeness (QED) is 0.587. The van der Waals surface area contributed by atoms with E-state index in [1.807, 2.05) is 44.2 Å². The number of amides is 1. The van der Waals surface area contributed by atoms with E-state index in [0.29, 0.717) is 11.6 Å². The van der Waals surface area contributed by atoms with Gasteiger partial charge in [0.15, 0.2) is 6.61 Å². The fraction of sp³-hybridized carbons (Fsp3) is 0.263. The molecule has 0 fully saturated rings. The highest BCUT2D eigenvalue weighted by Crippen LogP contribution is 2.23. The second kappa shape index (κ2) is 9.49. The minimum atomic E-state index is -0.419. The van der Waals surface area contributed by atoms with Gasteiger partial charge in [0.1, 0.15) is 0 Å². The number of benzene rings is 2. The van der Waals surface area contributed by atoms with Gasteiger partial charge in [-0.3, -0.25) is 9.59 Å². The molecule has 2 aromatic carbocycles. The fourth-order valence-corrected chi connectivity index (χ4v) is 3.18. The van der Waals surface area contributed by atoms with Gasteiger partial charge in [-0.2, -0.15) is 0 Å². The third-order valence-corrected chi connectivity index (χ3v) is 4.99. The van der Waals surface area contributed by atoms with E-state index in [4.69, 9.17) is 16.3 Å². The predicted octanol–water partition coefficient (Wildman–Crippen LogP) is 3.91. The lowest BCUT2D eigenvalue weighted by Crippen LogP contribution is -2.28. The SMILES string of the molecule is Cc1ccc(SCC(=O)OCC(=O)NCc2ccccc2Cl)c(C)c1. The number of carbonyl (C=O) groups excluding carboxylic acids is 2. The van der Waals surface area contributed by atoms with E-state index >= 15 is 0 Å². The van der Waals surface area contributed by atoms with Gasteiger partial charge in [0.25, 0.3) is 5.91 Å². The molecule has 0 unspecified atom stereocenters. The lowest BCUT2D eigenvalue weighted by molar-refractivity contribution is -0.145. The third kappa shape index (κ3) is 6.44. The first-order valence-corrected chi connectivity index (χ1v) is 9.18. The van der Waals surface area contributed by atoms with E-state index in [2.05, 4.69) is 11.4 Å². The number of esters is 1. The highest BCUT2D eigenvalue weighted by atomic mass is 35.5. The van der Waals surface area contributed by atoms with Crippen LogP contribution in [0.4, 0.5) is 0 Å². The Balaban J connectivity index is 1.70. The molecule has 2 rings (SSSR count). The summed E-state index contributed by atoms with van der Waals surface area (Å²) in [5, 5.41) is 3.26. The first-order valence-electron chi connectivity index (χ1n) is 7.81. The molecule has 0 aromatic heterocycles. The molecule has 0 aliphatic heterocycles. The lowest BCUT2D eigenvalue weighted by atomic mass is 10.2. The molecule has 0 aliphatic rings. The molecule has 6 heteroatoms. The highest BCUT2D eigenvalue weighted by molar-refractivity contribution is 8.00. The number of nitrogens with one attached hydrogen (secondary N) is 1. The second-order valence-electron chi connectivity index (χ2n) is 5.59. The molecule has 0 heterocycles. The summed E-state index contributed by atoms with van der Waals surface area (Å²) in [5.41, 5.74) is 3.11. The maximum Gasteiger partial charge on any atom is 0.316 e. The first-order chi connectivity index (χ1) is 12.0. The van der Waals surface area contributed by atoms with Gasteiger partial charge in [0.05, 0.1) is 5.75 Å². The van der Waals surface area contributed by atoms with Crippen LogP contribution >= 0.6 is 23.4 Å². The minimum Gasteiger partial charge on any atom is -0.455 e. The molecule has 0 bridgehead atoms. The van der Waals surface area contributed by atoms with Gasteiger partial charge in [-0.05, 0) is 37.1 Å². The Morgan fingerprint density at radius 1 is 1.16 bits per heavy atom. The van der Waals surface area contributed by atoms with Crippen molar-refractivity contribution in [2.75, 3.05) is 12.4 Å². The molecule has 1 N–H and O–H groups in total. The van der Waals surface area contributed by atoms with Crippen molar-refractivity contribution in [3.8, 4) is 0 Å². The molecule has 132 valence electrons. The molecule has 0 radical (unpaired) electrons. The molecule has 0 atom stereocenters. The molecule has 0 saturated carbocycles. The van der Waals surface area contributed by atoms with E-state index in [0.717, 1.165) is 16.0 Å². The van der Waals surface area contributed by atoms with Crippen LogP contribution in [-0.2, 0) is 20.9 Å². The number of rotatable bonds is 7. The number of hydrogen-bond donors (Lipinski definition) is 1. The molecule has 2 aromatic rings. The zero-order chi connectivity index (χ0) is 18.2. The molecule has 0 saturated heterocycles. The first kappa shape index (κ1) is 19.3. The zero-order valence-electron chi connectivity index (χ0n) is 14.2. The van der Waals surface area contributed by atoms with Gasteiger partial charge in [0.2, 0.25) is 0 Å². The number of ether oxygens (including phenoxy) is 1. The van der Waals surface area contributed by atoms with Crippen LogP contribution in [0.25, 0.3) is 0 Å². The van der Waals surface area contributed by atoms with E-state index < -0.39 is 5.97 Å². The summed E-state index contributed by atoms with van der Waals surface area (Å²) in [6.07, 6.45) is 0. The van der Waals surface area contributed by atoms with Gasteiger partial charge in [-0.15, -0.1) is 11.8 Å². The largest absolute Gasteiger partial charge is 0.455 e. The summed E-state index contributed by atoms with van der Waals surface area (Å²) in [4.78, 5) is 24.6. The van der Waals surface area contributed by atoms with Crippen molar-refractivity contribution in [1.82, 2.24) is 5.32 Å². The van der Waals surface area contributed by atoms with Crippen molar-refractivity contribution in [3.63, 3.8) is 0 Å². The molecule has 0 aliphatic carbocycles. The van der Waals surface area contributed by atoms with Gasteiger partial charge in [-0.25, -0.2) is 0 Å². The number of carbonyl (C=O) groups is 2. The number of hydrogen-bond acceptors (Lipinski definition) is 4. The Labute approximate surface area is 156 Å². The van der Waals surface area contributed by atoms with E-state index in [-0.39, 0.29) is 18.3 Å². The maximum atomic E-state index is 11.8. The number of thioether (sulfide) groups is 1. The van der Waals surface area contributed by atoms with Crippen LogP contribution in [0.1, 0.15) is 16.7 Å². The summed E-state index contributed by atoms with van der Waals surface area (Å²) in [5.74, 6) is -0.607. The van der Waals surface area contributed by atoms with E-state index in [1.165, 1.54) is 17.3 Å². The Morgan fingerprint density at radius 2 is 1.92 bits per heavy atom. The van der Waals surface area contributed by atoms with Crippen LogP contribution in [0.5, 0.6) is 0 Å². The number of aryl methyl sites for hydroxylation is 2. The summed E-state index contributed by atoms with van der Waals surface area (Å²) in [7, 11) is 0. The van der Waals surface area contributed by atoms with Crippen LogP contribution in [-0.4, -0.2) is 24.2 Å². The lowest BCUT2D eigenvalue weighted by Gasteiger charge is -2.08. The second-order valence-corrected chi connectivity index (χ2v) is 7.01. The Hall–Kier alpha value is -1.98. The normalized spacial score (nSPS) is 10.4. The van der Waals surface area contributed by atoms with Gasteiger partial charge < -0.3 is 10.1 Å². The van der Waals surface area contributed by atoms with E-state index in [9.17, 15) is 9.59 Å². The Morgan fingerprint density at radius 3 is 2.64 bits per heavy atom. The smallest absolute Gasteiger partial charge is 0.316 e. The van der Waals surface area contributed by atoms with Crippen molar-refractivity contribution < 1.29 is 14.3 Å². The summed E-state index contributed by atoms with van der Waals surface area (Å²) >= 11 is 7.42. The van der Waals surface area contributed by atoms with Crippen molar-refractivity contribution in [3.05, 3.63) is 64.2 Å². The van der Waals surface area contributed by atoms with Gasteiger partial charge in [0, 0.05) is 16.5 Å². The van der Waals surface area contributed by atoms with Crippen LogP contribution in [0.2, 0.25) is 5.02 Å². The minimum absolute atomic E-state index is 0.168. The average molecular weight is 378 g/mol. The summed E-state index contributed by atoms with van der Waals surface area (Å²) in [6, 6.07) is 13.3. The topological polar surface area (TPSA) is 55.4 Å². The Kier molecular flexibility index (Phi) is 7.34. The van der Waals surface area contributed by atoms with Crippen molar-refractivity contribution in [2.24, 2.45) is 0 Å². The van der Waals surface area contributed by atoms with Crippen LogP contribution in [0.3, 0.4) is 0 Å². The monoisotopic (exact) mass is 377 g/mol. The fourth-order valence-electron chi connectivity index (χ4n) is 2.17. The number of halogens is 1. The van der Waals surface area contributed by atoms with Gasteiger partial charge >= 0.3 is 5.97 Å². The van der Waals surface area contributed by atoms with Crippen molar-refractivity contribution >= 4 is 35.2 Å². The van der Waals surface area contributed by atoms with Crippen molar-refractivity contribution in [1.29, 1.82) is 0 Å². The molecular formula is C19H20ClNO3S. The van der Waals surface area contributed by atoms with E-state index in [1.54, 1.807) is 6.07 Å². The summed E-state index contributed by atoms with van der Waals surface area (Å²) in [6.45, 7) is 4.03. The standard InChI is InChI=1S/C19H20ClNO3S/c1-13-7-8-17(14(2)9-13)25-12-19(23)24-11-18(22)21-10-15-5-3-4-6-16(15)20/h3-9H,10-12H2,1-2H3,(H,21,22). The molecule has 0 spiro atoms. The maximum absolute atomic E-state index is 11.8. The van der Waals surface area contributed by atoms with Crippen LogP contribution in [0.15, 0.2) is 47.4 Å². The zero-order valence-corrected chi connectivity index (χ0v) is 15.7. The molecule has 4 nitrogen and oxygen atoms in total. The average Bonchev–Trinajstić information content (AvgIpc) is 2.58. The Bertz CT molecular complexity index is 764. The third-order valence-electron chi connectivity index (χ3n) is 3.47. The predicted molar refractivity (Wildman–Crippen MR) is 101 cm³/mol. The van der Waals surface area contributed by atoms with Gasteiger partial charge in [-0.1, -0.05) is 47.5 Å². The van der Waals surface area contributed by atoms with Crippen LogP contribution < -0.4 is 5.32 Å². The molecule has 25 heavy (non-hydrogen) atoms. The summed E-state index contributed by atoms with van der Waals surface area (Å²) < 4.78 is 5.00. The van der Waals surface area contributed by atoms with Crippen LogP contribution in [0, 0.1) is 13.8 Å². The van der Waals surface area contributed by atoms with Crippen molar-refractivity contribution in [2.45, 2.75) is 25.3 Å². The molecular weight excluding hydrogens is 358 g/mol. The highest BCUT2D eigenvalue weighted by Gasteiger charge is 2.10.